The van der Waals surface area contributed by atoms with Crippen LogP contribution in [0.2, 0.25) is 5.02 Å². The van der Waals surface area contributed by atoms with Gasteiger partial charge in [-0.2, -0.15) is 5.10 Å². The lowest BCUT2D eigenvalue weighted by molar-refractivity contribution is -0.118. The molecule has 3 aromatic carbocycles. The van der Waals surface area contributed by atoms with Crippen LogP contribution in [-0.2, 0) is 4.79 Å². The highest BCUT2D eigenvalue weighted by Gasteiger charge is 2.17. The number of nitrogens with zero attached hydrogens (tertiary/aromatic N) is 4. The molecule has 8 nitrogen and oxygen atoms in total. The Labute approximate surface area is 204 Å². The van der Waals surface area contributed by atoms with Crippen LogP contribution in [0.15, 0.2) is 89.1 Å². The minimum absolute atomic E-state index is 0.0653. The average molecular weight is 492 g/mol. The number of aromatic carboxylic acids is 1. The summed E-state index contributed by atoms with van der Waals surface area (Å²) in [5.74, 6) is -0.616. The number of aromatic nitrogens is 3. The first kappa shape index (κ1) is 23.2. The van der Waals surface area contributed by atoms with E-state index in [-0.39, 0.29) is 17.2 Å². The van der Waals surface area contributed by atoms with Gasteiger partial charge in [-0.15, -0.1) is 10.2 Å². The molecule has 0 spiro atoms. The van der Waals surface area contributed by atoms with Crippen LogP contribution in [0.25, 0.3) is 17.1 Å². The van der Waals surface area contributed by atoms with Crippen LogP contribution in [0.5, 0.6) is 0 Å². The molecule has 2 N–H and O–H groups in total. The van der Waals surface area contributed by atoms with Crippen LogP contribution in [0.4, 0.5) is 0 Å². The quantitative estimate of drug-likeness (QED) is 0.213. The second-order valence-corrected chi connectivity index (χ2v) is 8.37. The Morgan fingerprint density at radius 2 is 1.71 bits per heavy atom. The van der Waals surface area contributed by atoms with Gasteiger partial charge in [-0.1, -0.05) is 65.8 Å². The number of amides is 1. The Hall–Kier alpha value is -3.95. The standard InChI is InChI=1S/C24H18ClN5O3S/c25-19-10-12-20(13-11-19)30-22(17-4-2-1-3-5-17)28-29-24(30)34-15-21(31)27-26-14-16-6-8-18(9-7-16)23(32)33/h1-14H,15H2,(H,27,31)(H,32,33)/b26-14-. The van der Waals surface area contributed by atoms with E-state index in [0.717, 1.165) is 11.3 Å². The van der Waals surface area contributed by atoms with Crippen molar-refractivity contribution in [3.05, 3.63) is 95.0 Å². The summed E-state index contributed by atoms with van der Waals surface area (Å²) in [6.07, 6.45) is 1.44. The van der Waals surface area contributed by atoms with Gasteiger partial charge in [0.05, 0.1) is 17.5 Å². The molecule has 4 aromatic rings. The zero-order valence-corrected chi connectivity index (χ0v) is 19.2. The van der Waals surface area contributed by atoms with E-state index in [9.17, 15) is 9.59 Å². The summed E-state index contributed by atoms with van der Waals surface area (Å²) in [6.45, 7) is 0. The summed E-state index contributed by atoms with van der Waals surface area (Å²) in [5, 5.41) is 22.7. The topological polar surface area (TPSA) is 109 Å². The number of carbonyl (C=O) groups excluding carboxylic acids is 1. The number of halogens is 1. The van der Waals surface area contributed by atoms with E-state index in [4.69, 9.17) is 16.7 Å². The number of carbonyl (C=O) groups is 2. The molecular formula is C24H18ClN5O3S. The molecule has 0 aliphatic heterocycles. The van der Waals surface area contributed by atoms with Gasteiger partial charge in [0.1, 0.15) is 0 Å². The number of hydrazone groups is 1. The van der Waals surface area contributed by atoms with Gasteiger partial charge in [0.15, 0.2) is 11.0 Å². The van der Waals surface area contributed by atoms with Crippen molar-refractivity contribution >= 4 is 41.5 Å². The molecule has 0 saturated carbocycles. The molecule has 0 unspecified atom stereocenters. The number of hydrogen-bond donors (Lipinski definition) is 2. The van der Waals surface area contributed by atoms with Crippen molar-refractivity contribution in [2.45, 2.75) is 5.16 Å². The molecule has 4 rings (SSSR count). The summed E-state index contributed by atoms with van der Waals surface area (Å²) in [7, 11) is 0. The smallest absolute Gasteiger partial charge is 0.335 e. The second-order valence-electron chi connectivity index (χ2n) is 6.99. The molecular weight excluding hydrogens is 474 g/mol. The summed E-state index contributed by atoms with van der Waals surface area (Å²) >= 11 is 7.27. The SMILES string of the molecule is O=C(CSc1nnc(-c2ccccc2)n1-c1ccc(Cl)cc1)N/N=C\c1ccc(C(=O)O)cc1. The first-order chi connectivity index (χ1) is 16.5. The number of hydrogen-bond acceptors (Lipinski definition) is 6. The van der Waals surface area contributed by atoms with Crippen LogP contribution in [0, 0.1) is 0 Å². The minimum Gasteiger partial charge on any atom is -0.478 e. The van der Waals surface area contributed by atoms with Gasteiger partial charge in [-0.05, 0) is 42.0 Å². The normalized spacial score (nSPS) is 11.0. The monoisotopic (exact) mass is 491 g/mol. The van der Waals surface area contributed by atoms with E-state index in [1.54, 1.807) is 24.3 Å². The van der Waals surface area contributed by atoms with Crippen LogP contribution in [0.1, 0.15) is 15.9 Å². The molecule has 1 aromatic heterocycles. The molecule has 0 aliphatic carbocycles. The van der Waals surface area contributed by atoms with E-state index in [1.807, 2.05) is 47.0 Å². The molecule has 1 heterocycles. The van der Waals surface area contributed by atoms with Gasteiger partial charge in [-0.3, -0.25) is 9.36 Å². The number of rotatable bonds is 8. The van der Waals surface area contributed by atoms with Crippen LogP contribution < -0.4 is 5.43 Å². The Kier molecular flexibility index (Phi) is 7.36. The third kappa shape index (κ3) is 5.69. The maximum Gasteiger partial charge on any atom is 0.335 e. The van der Waals surface area contributed by atoms with Crippen LogP contribution >= 0.6 is 23.4 Å². The summed E-state index contributed by atoms with van der Waals surface area (Å²) in [4.78, 5) is 23.2. The van der Waals surface area contributed by atoms with Crippen molar-refractivity contribution in [3.63, 3.8) is 0 Å². The molecule has 170 valence electrons. The number of benzene rings is 3. The minimum atomic E-state index is -1.00. The largest absolute Gasteiger partial charge is 0.478 e. The van der Waals surface area contributed by atoms with Crippen molar-refractivity contribution in [2.75, 3.05) is 5.75 Å². The predicted molar refractivity (Wildman–Crippen MR) is 132 cm³/mol. The second kappa shape index (κ2) is 10.8. The third-order valence-corrected chi connectivity index (χ3v) is 5.82. The fraction of sp³-hybridized carbons (Fsp3) is 0.0417. The molecule has 34 heavy (non-hydrogen) atoms. The van der Waals surface area contributed by atoms with Crippen molar-refractivity contribution in [1.29, 1.82) is 0 Å². The molecule has 0 fully saturated rings. The van der Waals surface area contributed by atoms with Crippen molar-refractivity contribution in [3.8, 4) is 17.1 Å². The predicted octanol–water partition coefficient (Wildman–Crippen LogP) is 4.53. The van der Waals surface area contributed by atoms with E-state index in [2.05, 4.69) is 20.7 Å². The Balaban J connectivity index is 1.46. The maximum atomic E-state index is 12.3. The summed E-state index contributed by atoms with van der Waals surface area (Å²) < 4.78 is 1.87. The van der Waals surface area contributed by atoms with Crippen LogP contribution in [-0.4, -0.2) is 43.7 Å². The molecule has 0 bridgehead atoms. The molecule has 0 radical (unpaired) electrons. The maximum absolute atomic E-state index is 12.3. The van der Waals surface area contributed by atoms with Gasteiger partial charge in [0, 0.05) is 16.3 Å². The molecule has 0 saturated heterocycles. The van der Waals surface area contributed by atoms with Gasteiger partial charge >= 0.3 is 5.97 Å². The van der Waals surface area contributed by atoms with Crippen molar-refractivity contribution in [1.82, 2.24) is 20.2 Å². The molecule has 0 atom stereocenters. The number of carboxylic acid groups (broad SMARTS) is 1. The summed E-state index contributed by atoms with van der Waals surface area (Å²) in [5.41, 5.74) is 5.01. The lowest BCUT2D eigenvalue weighted by atomic mass is 10.1. The van der Waals surface area contributed by atoms with Gasteiger partial charge in [0.25, 0.3) is 5.91 Å². The highest BCUT2D eigenvalue weighted by Crippen LogP contribution is 2.28. The Bertz CT molecular complexity index is 1320. The first-order valence-electron chi connectivity index (χ1n) is 10.1. The molecule has 0 aliphatic rings. The zero-order valence-electron chi connectivity index (χ0n) is 17.6. The Morgan fingerprint density at radius 3 is 2.38 bits per heavy atom. The fourth-order valence-corrected chi connectivity index (χ4v) is 3.88. The van der Waals surface area contributed by atoms with Gasteiger partial charge in [-0.25, -0.2) is 10.2 Å². The number of carboxylic acids is 1. The molecule has 10 heteroatoms. The van der Waals surface area contributed by atoms with Crippen LogP contribution in [0.3, 0.4) is 0 Å². The molecule has 1 amide bonds. The number of nitrogens with one attached hydrogen (secondary N) is 1. The fourth-order valence-electron chi connectivity index (χ4n) is 3.01. The lowest BCUT2D eigenvalue weighted by Crippen LogP contribution is -2.20. The van der Waals surface area contributed by atoms with E-state index < -0.39 is 5.97 Å². The lowest BCUT2D eigenvalue weighted by Gasteiger charge is -2.10. The highest BCUT2D eigenvalue weighted by atomic mass is 35.5. The first-order valence-corrected chi connectivity index (χ1v) is 11.4. The van der Waals surface area contributed by atoms with E-state index in [1.165, 1.54) is 30.1 Å². The summed E-state index contributed by atoms with van der Waals surface area (Å²) in [6, 6.07) is 23.1. The van der Waals surface area contributed by atoms with E-state index >= 15 is 0 Å². The highest BCUT2D eigenvalue weighted by molar-refractivity contribution is 7.99. The van der Waals surface area contributed by atoms with Gasteiger partial charge < -0.3 is 5.11 Å². The average Bonchev–Trinajstić information content (AvgIpc) is 3.28. The Morgan fingerprint density at radius 1 is 1.00 bits per heavy atom. The van der Waals surface area contributed by atoms with Crippen molar-refractivity contribution < 1.29 is 14.7 Å². The third-order valence-electron chi connectivity index (χ3n) is 4.64. The van der Waals surface area contributed by atoms with E-state index in [0.29, 0.717) is 21.6 Å². The van der Waals surface area contributed by atoms with Crippen molar-refractivity contribution in [2.24, 2.45) is 5.10 Å². The van der Waals surface area contributed by atoms with Gasteiger partial charge in [0.2, 0.25) is 0 Å². The zero-order chi connectivity index (χ0) is 23.9. The number of thioether (sulfide) groups is 1.